The first-order valence-corrected chi connectivity index (χ1v) is 11.2. The second kappa shape index (κ2) is 12.4. The van der Waals surface area contributed by atoms with E-state index in [1.54, 1.807) is 18.2 Å². The van der Waals surface area contributed by atoms with E-state index in [1.807, 2.05) is 11.8 Å². The monoisotopic (exact) mass is 419 g/mol. The summed E-state index contributed by atoms with van der Waals surface area (Å²) in [7, 11) is 0. The van der Waals surface area contributed by atoms with Gasteiger partial charge in [0.2, 0.25) is 0 Å². The van der Waals surface area contributed by atoms with Gasteiger partial charge in [0.05, 0.1) is 6.61 Å². The highest BCUT2D eigenvalue weighted by atomic mass is 16.5. The lowest BCUT2D eigenvalue weighted by Crippen LogP contribution is -2.38. The van der Waals surface area contributed by atoms with Gasteiger partial charge in [0.15, 0.2) is 18.1 Å². The molecular weight excluding hydrogens is 382 g/mol. The number of carbonyl (C=O) groups is 2. The summed E-state index contributed by atoms with van der Waals surface area (Å²) in [6, 6.07) is 5.54. The predicted molar refractivity (Wildman–Crippen MR) is 118 cm³/mol. The highest BCUT2D eigenvalue weighted by Gasteiger charge is 2.18. The Bertz CT molecular complexity index is 687. The van der Waals surface area contributed by atoms with Gasteiger partial charge in [-0.3, -0.25) is 14.5 Å². The van der Waals surface area contributed by atoms with Gasteiger partial charge in [-0.1, -0.05) is 6.92 Å². The fraction of sp³-hybridized carbons (Fsp3) is 0.652. The molecular formula is C23H37N3O4. The van der Waals surface area contributed by atoms with Crippen molar-refractivity contribution >= 4 is 11.8 Å². The molecule has 1 fully saturated rings. The van der Waals surface area contributed by atoms with Gasteiger partial charge in [0.1, 0.15) is 0 Å². The van der Waals surface area contributed by atoms with Crippen molar-refractivity contribution in [2.45, 2.75) is 53.0 Å². The molecule has 0 radical (unpaired) electrons. The summed E-state index contributed by atoms with van der Waals surface area (Å²) >= 11 is 0. The van der Waals surface area contributed by atoms with Gasteiger partial charge < -0.3 is 19.7 Å². The number of piperidine rings is 1. The van der Waals surface area contributed by atoms with E-state index in [1.165, 1.54) is 6.42 Å². The SMILES string of the molecule is CCOc1cc(C(=O)NCCN(CC)C(C)C)ccc1OCC(=O)N1CCCCC1. The molecule has 7 heteroatoms. The molecule has 0 unspecified atom stereocenters. The first kappa shape index (κ1) is 24.0. The van der Waals surface area contributed by atoms with Crippen LogP contribution in [0.4, 0.5) is 0 Å². The standard InChI is InChI=1S/C23H37N3O4/c1-5-25(18(3)4)15-12-24-23(28)19-10-11-20(21(16-19)29-6-2)30-17-22(27)26-13-8-7-9-14-26/h10-11,16,18H,5-9,12-15,17H2,1-4H3,(H,24,28). The second-order valence-corrected chi connectivity index (χ2v) is 7.80. The van der Waals surface area contributed by atoms with Crippen LogP contribution in [-0.2, 0) is 4.79 Å². The number of amides is 2. The highest BCUT2D eigenvalue weighted by molar-refractivity contribution is 5.94. The largest absolute Gasteiger partial charge is 0.490 e. The third-order valence-electron chi connectivity index (χ3n) is 5.39. The lowest BCUT2D eigenvalue weighted by molar-refractivity contribution is -0.134. The van der Waals surface area contributed by atoms with Crippen molar-refractivity contribution in [2.75, 3.05) is 45.9 Å². The van der Waals surface area contributed by atoms with E-state index in [4.69, 9.17) is 9.47 Å². The molecule has 1 aliphatic heterocycles. The molecule has 1 aromatic carbocycles. The van der Waals surface area contributed by atoms with Crippen molar-refractivity contribution < 1.29 is 19.1 Å². The minimum atomic E-state index is -0.147. The molecule has 0 atom stereocenters. The van der Waals surface area contributed by atoms with Crippen LogP contribution in [0.3, 0.4) is 0 Å². The van der Waals surface area contributed by atoms with E-state index in [0.29, 0.717) is 36.3 Å². The predicted octanol–water partition coefficient (Wildman–Crippen LogP) is 2.94. The quantitative estimate of drug-likeness (QED) is 0.597. The molecule has 1 aromatic rings. The third kappa shape index (κ3) is 7.20. The average molecular weight is 420 g/mol. The molecule has 2 amide bonds. The number of nitrogens with one attached hydrogen (secondary N) is 1. The number of hydrogen-bond acceptors (Lipinski definition) is 5. The number of rotatable bonds is 11. The molecule has 0 saturated carbocycles. The zero-order valence-corrected chi connectivity index (χ0v) is 18.9. The number of nitrogens with zero attached hydrogens (tertiary/aromatic N) is 2. The van der Waals surface area contributed by atoms with Crippen LogP contribution in [0.1, 0.15) is 57.3 Å². The molecule has 1 heterocycles. The van der Waals surface area contributed by atoms with Crippen LogP contribution in [0.2, 0.25) is 0 Å². The van der Waals surface area contributed by atoms with Crippen LogP contribution < -0.4 is 14.8 Å². The van der Waals surface area contributed by atoms with E-state index in [-0.39, 0.29) is 18.4 Å². The van der Waals surface area contributed by atoms with Gasteiger partial charge in [0, 0.05) is 37.8 Å². The van der Waals surface area contributed by atoms with Gasteiger partial charge in [-0.05, 0) is 64.8 Å². The third-order valence-corrected chi connectivity index (χ3v) is 5.39. The average Bonchev–Trinajstić information content (AvgIpc) is 2.76. The Hall–Kier alpha value is -2.28. The normalized spacial score (nSPS) is 14.1. The van der Waals surface area contributed by atoms with E-state index >= 15 is 0 Å². The zero-order chi connectivity index (χ0) is 21.9. The van der Waals surface area contributed by atoms with Crippen LogP contribution in [0.15, 0.2) is 18.2 Å². The molecule has 0 spiro atoms. The summed E-state index contributed by atoms with van der Waals surface area (Å²) in [6.45, 7) is 12.6. The number of benzene rings is 1. The number of ether oxygens (including phenoxy) is 2. The van der Waals surface area contributed by atoms with E-state index in [0.717, 1.165) is 39.0 Å². The van der Waals surface area contributed by atoms with Crippen LogP contribution in [0, 0.1) is 0 Å². The summed E-state index contributed by atoms with van der Waals surface area (Å²) in [6.07, 6.45) is 3.27. The number of likely N-dealkylation sites (tertiary alicyclic amines) is 1. The minimum Gasteiger partial charge on any atom is -0.490 e. The second-order valence-electron chi connectivity index (χ2n) is 7.80. The number of hydrogen-bond donors (Lipinski definition) is 1. The molecule has 1 N–H and O–H groups in total. The van der Waals surface area contributed by atoms with Gasteiger partial charge in [-0.2, -0.15) is 0 Å². The van der Waals surface area contributed by atoms with E-state index < -0.39 is 0 Å². The molecule has 0 aliphatic carbocycles. The molecule has 0 bridgehead atoms. The Morgan fingerprint density at radius 1 is 1.10 bits per heavy atom. The maximum absolute atomic E-state index is 12.5. The summed E-state index contributed by atoms with van der Waals surface area (Å²) < 4.78 is 11.4. The van der Waals surface area contributed by atoms with Gasteiger partial charge in [-0.15, -0.1) is 0 Å². The van der Waals surface area contributed by atoms with Crippen LogP contribution in [0.5, 0.6) is 11.5 Å². The summed E-state index contributed by atoms with van der Waals surface area (Å²) in [5.41, 5.74) is 0.515. The Labute approximate surface area is 180 Å². The van der Waals surface area contributed by atoms with Crippen LogP contribution in [0.25, 0.3) is 0 Å². The van der Waals surface area contributed by atoms with E-state index in [2.05, 4.69) is 31.0 Å². The first-order chi connectivity index (χ1) is 14.5. The van der Waals surface area contributed by atoms with Gasteiger partial charge in [-0.25, -0.2) is 0 Å². The van der Waals surface area contributed by atoms with Crippen molar-refractivity contribution in [3.63, 3.8) is 0 Å². The van der Waals surface area contributed by atoms with Gasteiger partial charge in [0.25, 0.3) is 11.8 Å². The fourth-order valence-electron chi connectivity index (χ4n) is 3.61. The van der Waals surface area contributed by atoms with Gasteiger partial charge >= 0.3 is 0 Å². The van der Waals surface area contributed by atoms with Crippen LogP contribution in [-0.4, -0.2) is 73.6 Å². The van der Waals surface area contributed by atoms with Crippen molar-refractivity contribution in [3.05, 3.63) is 23.8 Å². The van der Waals surface area contributed by atoms with Crippen molar-refractivity contribution in [2.24, 2.45) is 0 Å². The molecule has 7 nitrogen and oxygen atoms in total. The summed E-state index contributed by atoms with van der Waals surface area (Å²) in [5, 5.41) is 2.96. The maximum atomic E-state index is 12.5. The Morgan fingerprint density at radius 2 is 1.83 bits per heavy atom. The summed E-state index contributed by atoms with van der Waals surface area (Å²) in [4.78, 5) is 29.0. The van der Waals surface area contributed by atoms with Crippen molar-refractivity contribution in [1.82, 2.24) is 15.1 Å². The molecule has 2 rings (SSSR count). The summed E-state index contributed by atoms with van der Waals surface area (Å²) in [5.74, 6) is 0.806. The Balaban J connectivity index is 1.94. The lowest BCUT2D eigenvalue weighted by atomic mass is 10.1. The Morgan fingerprint density at radius 3 is 2.47 bits per heavy atom. The van der Waals surface area contributed by atoms with E-state index in [9.17, 15) is 9.59 Å². The minimum absolute atomic E-state index is 0.00963. The molecule has 1 aliphatic rings. The lowest BCUT2D eigenvalue weighted by Gasteiger charge is -2.26. The van der Waals surface area contributed by atoms with Crippen molar-refractivity contribution in [3.8, 4) is 11.5 Å². The Kier molecular flexibility index (Phi) is 9.94. The zero-order valence-electron chi connectivity index (χ0n) is 18.9. The molecule has 1 saturated heterocycles. The smallest absolute Gasteiger partial charge is 0.260 e. The number of likely N-dealkylation sites (N-methyl/N-ethyl adjacent to an activating group) is 1. The highest BCUT2D eigenvalue weighted by Crippen LogP contribution is 2.28. The molecule has 30 heavy (non-hydrogen) atoms. The molecule has 0 aromatic heterocycles. The van der Waals surface area contributed by atoms with Crippen LogP contribution >= 0.6 is 0 Å². The topological polar surface area (TPSA) is 71.1 Å². The fourth-order valence-corrected chi connectivity index (χ4v) is 3.61. The van der Waals surface area contributed by atoms with Crippen molar-refractivity contribution in [1.29, 1.82) is 0 Å². The molecule has 168 valence electrons. The number of carbonyl (C=O) groups excluding carboxylic acids is 2. The maximum Gasteiger partial charge on any atom is 0.260 e. The first-order valence-electron chi connectivity index (χ1n) is 11.2.